The summed E-state index contributed by atoms with van der Waals surface area (Å²) in [5.41, 5.74) is 4.14. The van der Waals surface area contributed by atoms with Crippen molar-refractivity contribution in [2.75, 3.05) is 7.11 Å². The lowest BCUT2D eigenvalue weighted by Crippen LogP contribution is -2.04. The summed E-state index contributed by atoms with van der Waals surface area (Å²) in [6.45, 7) is 3.26. The first kappa shape index (κ1) is 14.7. The van der Waals surface area contributed by atoms with Gasteiger partial charge in [0.15, 0.2) is 5.78 Å². The highest BCUT2D eigenvalue weighted by atomic mass is 32.1. The molecule has 0 saturated carbocycles. The number of Topliss-reactive ketones (excluding diaryl/α,β-unsaturated/α-hetero) is 1. The Kier molecular flexibility index (Phi) is 3.70. The molecule has 2 aromatic rings. The van der Waals surface area contributed by atoms with E-state index in [2.05, 4.69) is 4.98 Å². The van der Waals surface area contributed by atoms with Gasteiger partial charge in [-0.25, -0.2) is 4.98 Å². The van der Waals surface area contributed by atoms with E-state index in [1.807, 2.05) is 6.92 Å². The molecule has 1 aromatic carbocycles. The van der Waals surface area contributed by atoms with Crippen LogP contribution in [-0.4, -0.2) is 23.8 Å². The van der Waals surface area contributed by atoms with Crippen LogP contribution in [0.5, 0.6) is 11.5 Å². The van der Waals surface area contributed by atoms with Crippen molar-refractivity contribution in [1.29, 1.82) is 0 Å². The number of nitrogens with zero attached hydrogens (tertiary/aromatic N) is 1. The number of fused-ring (bicyclic) bond motifs is 1. The summed E-state index contributed by atoms with van der Waals surface area (Å²) in [5.74, 6) is 0.453. The second-order valence-electron chi connectivity index (χ2n) is 5.16. The summed E-state index contributed by atoms with van der Waals surface area (Å²) in [6.07, 6.45) is 0.387. The third-order valence-corrected chi connectivity index (χ3v) is 4.78. The van der Waals surface area contributed by atoms with E-state index in [9.17, 15) is 9.59 Å². The van der Waals surface area contributed by atoms with Gasteiger partial charge in [0.1, 0.15) is 11.5 Å². The molecule has 114 valence electrons. The van der Waals surface area contributed by atoms with E-state index in [4.69, 9.17) is 9.47 Å². The number of carbonyl (C=O) groups is 2. The second kappa shape index (κ2) is 5.53. The molecule has 0 fully saturated rings. The summed E-state index contributed by atoms with van der Waals surface area (Å²) in [4.78, 5) is 28.9. The fraction of sp³-hybridized carbons (Fsp3) is 0.312. The number of thiazole rings is 1. The minimum absolute atomic E-state index is 0.0279. The topological polar surface area (TPSA) is 65.5 Å². The number of methoxy groups -OCH3 is 1. The molecule has 1 atom stereocenters. The Morgan fingerprint density at radius 1 is 1.41 bits per heavy atom. The van der Waals surface area contributed by atoms with Crippen LogP contribution in [0.4, 0.5) is 0 Å². The predicted molar refractivity (Wildman–Crippen MR) is 81.9 cm³/mol. The molecule has 1 unspecified atom stereocenters. The minimum Gasteiger partial charge on any atom is -0.496 e. The van der Waals surface area contributed by atoms with Gasteiger partial charge in [-0.1, -0.05) is 0 Å². The highest BCUT2D eigenvalue weighted by Gasteiger charge is 2.36. The number of ketones is 1. The predicted octanol–water partition coefficient (Wildman–Crippen LogP) is 3.10. The highest BCUT2D eigenvalue weighted by Crippen LogP contribution is 2.46. The largest absolute Gasteiger partial charge is 0.496 e. The van der Waals surface area contributed by atoms with Crippen LogP contribution in [-0.2, 0) is 4.79 Å². The number of aryl methyl sites for hydroxylation is 1. The van der Waals surface area contributed by atoms with Crippen LogP contribution < -0.4 is 9.47 Å². The third kappa shape index (κ3) is 2.39. The van der Waals surface area contributed by atoms with E-state index in [0.29, 0.717) is 23.5 Å². The standard InChI is InChI=1S/C16H15NO4S/c1-8-16(22-7-17-8)12-6-13(19)11-4-10(21-9(2)18)5-14(20-3)15(11)12/h4-5,7,12H,6H2,1-3H3. The first-order chi connectivity index (χ1) is 10.5. The Balaban J connectivity index is 2.14. The molecule has 22 heavy (non-hydrogen) atoms. The zero-order chi connectivity index (χ0) is 15.9. The summed E-state index contributed by atoms with van der Waals surface area (Å²) < 4.78 is 10.5. The molecule has 0 N–H and O–H groups in total. The molecule has 1 aliphatic rings. The van der Waals surface area contributed by atoms with Gasteiger partial charge in [0.05, 0.1) is 18.3 Å². The van der Waals surface area contributed by atoms with E-state index in [1.165, 1.54) is 6.92 Å². The van der Waals surface area contributed by atoms with Crippen LogP contribution in [0.25, 0.3) is 0 Å². The lowest BCUT2D eigenvalue weighted by Gasteiger charge is -2.15. The molecule has 1 aromatic heterocycles. The second-order valence-corrected chi connectivity index (χ2v) is 6.05. The lowest BCUT2D eigenvalue weighted by atomic mass is 9.97. The van der Waals surface area contributed by atoms with Crippen LogP contribution in [0.3, 0.4) is 0 Å². The van der Waals surface area contributed by atoms with E-state index in [-0.39, 0.29) is 11.7 Å². The fourth-order valence-corrected chi connectivity index (χ4v) is 3.76. The van der Waals surface area contributed by atoms with Gasteiger partial charge in [-0.2, -0.15) is 0 Å². The number of hydrogen-bond acceptors (Lipinski definition) is 6. The highest BCUT2D eigenvalue weighted by molar-refractivity contribution is 7.09. The normalized spacial score (nSPS) is 16.5. The first-order valence-corrected chi connectivity index (χ1v) is 7.72. The van der Waals surface area contributed by atoms with Gasteiger partial charge in [0.2, 0.25) is 0 Å². The maximum atomic E-state index is 12.4. The Morgan fingerprint density at radius 2 is 2.18 bits per heavy atom. The molecule has 0 aliphatic heterocycles. The quantitative estimate of drug-likeness (QED) is 0.643. The zero-order valence-electron chi connectivity index (χ0n) is 12.5. The molecule has 5 nitrogen and oxygen atoms in total. The van der Waals surface area contributed by atoms with Crippen molar-refractivity contribution in [3.05, 3.63) is 39.3 Å². The molecule has 1 aliphatic carbocycles. The Morgan fingerprint density at radius 3 is 2.77 bits per heavy atom. The summed E-state index contributed by atoms with van der Waals surface area (Å²) in [5, 5.41) is 0. The molecule has 0 amide bonds. The SMILES string of the molecule is COc1cc(OC(C)=O)cc2c1C(c1scnc1C)CC2=O. The van der Waals surface area contributed by atoms with Gasteiger partial charge in [-0.05, 0) is 13.0 Å². The fourth-order valence-electron chi connectivity index (χ4n) is 2.85. The summed E-state index contributed by atoms with van der Waals surface area (Å²) in [6, 6.07) is 3.28. The molecule has 0 bridgehead atoms. The molecule has 6 heteroatoms. The molecule has 0 radical (unpaired) electrons. The molecule has 0 spiro atoms. The van der Waals surface area contributed by atoms with Gasteiger partial charge in [0.25, 0.3) is 0 Å². The molecule has 0 saturated heterocycles. The van der Waals surface area contributed by atoms with Gasteiger partial charge >= 0.3 is 5.97 Å². The summed E-state index contributed by atoms with van der Waals surface area (Å²) >= 11 is 1.54. The first-order valence-electron chi connectivity index (χ1n) is 6.84. The van der Waals surface area contributed by atoms with E-state index < -0.39 is 5.97 Å². The van der Waals surface area contributed by atoms with E-state index in [1.54, 1.807) is 36.1 Å². The number of aromatic nitrogens is 1. The molecule has 3 rings (SSSR count). The van der Waals surface area contributed by atoms with Crippen molar-refractivity contribution >= 4 is 23.1 Å². The zero-order valence-corrected chi connectivity index (χ0v) is 13.3. The number of carbonyl (C=O) groups excluding carboxylic acids is 2. The van der Waals surface area contributed by atoms with Crippen molar-refractivity contribution in [3.63, 3.8) is 0 Å². The Labute approximate surface area is 131 Å². The average molecular weight is 317 g/mol. The Hall–Kier alpha value is -2.21. The van der Waals surface area contributed by atoms with Gasteiger partial charge in [0, 0.05) is 41.3 Å². The van der Waals surface area contributed by atoms with Gasteiger partial charge in [-0.15, -0.1) is 11.3 Å². The number of esters is 1. The maximum absolute atomic E-state index is 12.4. The smallest absolute Gasteiger partial charge is 0.308 e. The number of benzene rings is 1. The van der Waals surface area contributed by atoms with Crippen molar-refractivity contribution in [3.8, 4) is 11.5 Å². The van der Waals surface area contributed by atoms with Crippen molar-refractivity contribution < 1.29 is 19.1 Å². The van der Waals surface area contributed by atoms with Crippen LogP contribution in [0.15, 0.2) is 17.6 Å². The van der Waals surface area contributed by atoms with Crippen molar-refractivity contribution in [2.45, 2.75) is 26.2 Å². The van der Waals surface area contributed by atoms with Crippen LogP contribution in [0.2, 0.25) is 0 Å². The van der Waals surface area contributed by atoms with E-state index in [0.717, 1.165) is 16.1 Å². The van der Waals surface area contributed by atoms with Gasteiger partial charge < -0.3 is 9.47 Å². The number of ether oxygens (including phenoxy) is 2. The lowest BCUT2D eigenvalue weighted by molar-refractivity contribution is -0.131. The Bertz CT molecular complexity index is 766. The number of rotatable bonds is 3. The van der Waals surface area contributed by atoms with Gasteiger partial charge in [-0.3, -0.25) is 9.59 Å². The molecular weight excluding hydrogens is 302 g/mol. The summed E-state index contributed by atoms with van der Waals surface area (Å²) in [7, 11) is 1.55. The van der Waals surface area contributed by atoms with E-state index >= 15 is 0 Å². The molecular formula is C16H15NO4S. The minimum atomic E-state index is -0.428. The van der Waals surface area contributed by atoms with Crippen LogP contribution in [0, 0.1) is 6.92 Å². The average Bonchev–Trinajstić information content (AvgIpc) is 3.02. The van der Waals surface area contributed by atoms with Crippen molar-refractivity contribution in [2.24, 2.45) is 0 Å². The number of hydrogen-bond donors (Lipinski definition) is 0. The maximum Gasteiger partial charge on any atom is 0.308 e. The van der Waals surface area contributed by atoms with Crippen molar-refractivity contribution in [1.82, 2.24) is 4.98 Å². The van der Waals surface area contributed by atoms with Crippen LogP contribution >= 0.6 is 11.3 Å². The van der Waals surface area contributed by atoms with Crippen LogP contribution in [0.1, 0.15) is 45.8 Å². The monoisotopic (exact) mass is 317 g/mol. The molecule has 1 heterocycles. The third-order valence-electron chi connectivity index (χ3n) is 3.73.